The number of fused-ring (bicyclic) bond motifs is 3. The molecule has 2 heteroatoms. The van der Waals surface area contributed by atoms with Crippen LogP contribution >= 0.6 is 0 Å². The molecule has 2 N–H and O–H groups in total. The van der Waals surface area contributed by atoms with Crippen LogP contribution in [0.15, 0.2) is 66.7 Å². The van der Waals surface area contributed by atoms with Crippen molar-refractivity contribution >= 4 is 5.69 Å². The van der Waals surface area contributed by atoms with Crippen LogP contribution < -0.4 is 5.73 Å². The zero-order chi connectivity index (χ0) is 16.9. The minimum absolute atomic E-state index is 0.00917. The van der Waals surface area contributed by atoms with E-state index in [1.54, 1.807) is 0 Å². The van der Waals surface area contributed by atoms with Gasteiger partial charge in [-0.05, 0) is 39.8 Å². The van der Waals surface area contributed by atoms with Crippen molar-refractivity contribution in [2.45, 2.75) is 18.3 Å². The summed E-state index contributed by atoms with van der Waals surface area (Å²) >= 11 is 0. The van der Waals surface area contributed by atoms with Crippen LogP contribution in [0.3, 0.4) is 0 Å². The van der Waals surface area contributed by atoms with E-state index >= 15 is 0 Å². The number of hydrogen-bond donors (Lipinski definition) is 1. The third-order valence-electron chi connectivity index (χ3n) is 5.75. The number of benzene rings is 3. The Bertz CT molecular complexity index is 942. The zero-order valence-electron chi connectivity index (χ0n) is 14.2. The molecule has 2 aliphatic rings. The van der Waals surface area contributed by atoms with Gasteiger partial charge in [0.1, 0.15) is 0 Å². The molecule has 0 amide bonds. The maximum atomic E-state index is 6.71. The lowest BCUT2D eigenvalue weighted by atomic mass is 9.72. The van der Waals surface area contributed by atoms with E-state index in [0.717, 1.165) is 31.7 Å². The lowest BCUT2D eigenvalue weighted by Crippen LogP contribution is -2.49. The first kappa shape index (κ1) is 14.7. The maximum absolute atomic E-state index is 6.71. The summed E-state index contributed by atoms with van der Waals surface area (Å²) in [6.07, 6.45) is 1.91. The lowest BCUT2D eigenvalue weighted by Gasteiger charge is -2.43. The molecule has 0 radical (unpaired) electrons. The number of ether oxygens (including phenoxy) is 1. The molecule has 0 unspecified atom stereocenters. The second-order valence-electron chi connectivity index (χ2n) is 7.32. The smallest absolute Gasteiger partial charge is 0.0589 e. The molecule has 2 nitrogen and oxygen atoms in total. The van der Waals surface area contributed by atoms with Crippen LogP contribution in [0.2, 0.25) is 0 Å². The van der Waals surface area contributed by atoms with Crippen molar-refractivity contribution in [1.29, 1.82) is 0 Å². The van der Waals surface area contributed by atoms with Gasteiger partial charge in [0.05, 0.1) is 13.2 Å². The predicted octanol–water partition coefficient (Wildman–Crippen LogP) is 4.35. The Morgan fingerprint density at radius 2 is 1.60 bits per heavy atom. The fourth-order valence-electron chi connectivity index (χ4n) is 4.39. The van der Waals surface area contributed by atoms with E-state index in [2.05, 4.69) is 66.7 Å². The molecule has 0 bridgehead atoms. The molecule has 124 valence electrons. The molecular weight excluding hydrogens is 306 g/mol. The lowest BCUT2D eigenvalue weighted by molar-refractivity contribution is -0.0595. The van der Waals surface area contributed by atoms with Gasteiger partial charge in [0.2, 0.25) is 0 Å². The molecule has 1 aliphatic carbocycles. The first-order valence-corrected chi connectivity index (χ1v) is 8.89. The molecule has 0 spiro atoms. The third-order valence-corrected chi connectivity index (χ3v) is 5.75. The SMILES string of the molecule is Nc1c(C2(Cc3ccccc3)COC2)ccc2c1Cc1ccccc1-2. The number of nitrogens with two attached hydrogens (primary N) is 1. The molecule has 0 atom stereocenters. The van der Waals surface area contributed by atoms with Gasteiger partial charge in [0.25, 0.3) is 0 Å². The van der Waals surface area contributed by atoms with Crippen molar-refractivity contribution < 1.29 is 4.74 Å². The Hall–Kier alpha value is -2.58. The molecule has 5 rings (SSSR count). The van der Waals surface area contributed by atoms with Gasteiger partial charge in [-0.25, -0.2) is 0 Å². The molecule has 0 saturated carbocycles. The van der Waals surface area contributed by atoms with Gasteiger partial charge in [-0.1, -0.05) is 66.7 Å². The van der Waals surface area contributed by atoms with Crippen LogP contribution in [0.25, 0.3) is 11.1 Å². The summed E-state index contributed by atoms with van der Waals surface area (Å²) in [5, 5.41) is 0. The Balaban J connectivity index is 1.58. The van der Waals surface area contributed by atoms with Crippen LogP contribution in [-0.4, -0.2) is 13.2 Å². The standard InChI is InChI=1S/C23H21NO/c24-22-20-12-17-8-4-5-9-18(17)19(20)10-11-21(22)23(14-25-15-23)13-16-6-2-1-3-7-16/h1-11H,12-15,24H2. The van der Waals surface area contributed by atoms with E-state index in [9.17, 15) is 0 Å². The second-order valence-corrected chi connectivity index (χ2v) is 7.32. The molecule has 3 aromatic carbocycles. The summed E-state index contributed by atoms with van der Waals surface area (Å²) in [4.78, 5) is 0. The zero-order valence-corrected chi connectivity index (χ0v) is 14.2. The average Bonchev–Trinajstić information content (AvgIpc) is 3.00. The summed E-state index contributed by atoms with van der Waals surface area (Å²) in [5.74, 6) is 0. The van der Waals surface area contributed by atoms with Crippen LogP contribution in [0.1, 0.15) is 22.3 Å². The van der Waals surface area contributed by atoms with Crippen LogP contribution in [0.4, 0.5) is 5.69 Å². The summed E-state index contributed by atoms with van der Waals surface area (Å²) in [7, 11) is 0. The van der Waals surface area contributed by atoms with E-state index in [1.807, 2.05) is 0 Å². The Morgan fingerprint density at radius 3 is 2.36 bits per heavy atom. The number of rotatable bonds is 3. The van der Waals surface area contributed by atoms with Gasteiger partial charge >= 0.3 is 0 Å². The van der Waals surface area contributed by atoms with Gasteiger partial charge in [-0.2, -0.15) is 0 Å². The molecule has 1 aliphatic heterocycles. The number of nitrogen functional groups attached to an aromatic ring is 1. The monoisotopic (exact) mass is 327 g/mol. The molecule has 1 heterocycles. The van der Waals surface area contributed by atoms with Gasteiger partial charge < -0.3 is 10.5 Å². The topological polar surface area (TPSA) is 35.2 Å². The van der Waals surface area contributed by atoms with Gasteiger partial charge in [0.15, 0.2) is 0 Å². The highest BCUT2D eigenvalue weighted by molar-refractivity contribution is 5.83. The molecular formula is C23H21NO. The molecule has 25 heavy (non-hydrogen) atoms. The summed E-state index contributed by atoms with van der Waals surface area (Å²) in [5.41, 5.74) is 15.6. The third kappa shape index (κ3) is 2.21. The van der Waals surface area contributed by atoms with Crippen LogP contribution in [-0.2, 0) is 23.0 Å². The minimum Gasteiger partial charge on any atom is -0.398 e. The van der Waals surface area contributed by atoms with Gasteiger partial charge in [0, 0.05) is 17.5 Å². The van der Waals surface area contributed by atoms with E-state index < -0.39 is 0 Å². The first-order valence-electron chi connectivity index (χ1n) is 8.89. The second kappa shape index (κ2) is 5.47. The van der Waals surface area contributed by atoms with Crippen molar-refractivity contribution in [2.75, 3.05) is 18.9 Å². The fourth-order valence-corrected chi connectivity index (χ4v) is 4.39. The summed E-state index contributed by atoms with van der Waals surface area (Å²) < 4.78 is 5.65. The molecule has 1 fully saturated rings. The van der Waals surface area contributed by atoms with Crippen LogP contribution in [0.5, 0.6) is 0 Å². The van der Waals surface area contributed by atoms with Gasteiger partial charge in [-0.3, -0.25) is 0 Å². The molecule has 1 saturated heterocycles. The molecule has 0 aromatic heterocycles. The van der Waals surface area contributed by atoms with E-state index in [0.29, 0.717) is 0 Å². The van der Waals surface area contributed by atoms with Gasteiger partial charge in [-0.15, -0.1) is 0 Å². The summed E-state index contributed by atoms with van der Waals surface area (Å²) in [6.45, 7) is 1.50. The maximum Gasteiger partial charge on any atom is 0.0589 e. The van der Waals surface area contributed by atoms with Crippen molar-refractivity contribution in [1.82, 2.24) is 0 Å². The highest BCUT2D eigenvalue weighted by Gasteiger charge is 2.42. The van der Waals surface area contributed by atoms with Crippen molar-refractivity contribution in [2.24, 2.45) is 0 Å². The van der Waals surface area contributed by atoms with Crippen molar-refractivity contribution in [3.05, 3.63) is 89.0 Å². The van der Waals surface area contributed by atoms with E-state index in [1.165, 1.54) is 33.4 Å². The van der Waals surface area contributed by atoms with Crippen molar-refractivity contribution in [3.63, 3.8) is 0 Å². The van der Waals surface area contributed by atoms with Crippen molar-refractivity contribution in [3.8, 4) is 11.1 Å². The average molecular weight is 327 g/mol. The number of hydrogen-bond acceptors (Lipinski definition) is 2. The number of anilines is 1. The highest BCUT2D eigenvalue weighted by atomic mass is 16.5. The van der Waals surface area contributed by atoms with E-state index in [4.69, 9.17) is 10.5 Å². The Morgan fingerprint density at radius 1 is 0.840 bits per heavy atom. The van der Waals surface area contributed by atoms with E-state index in [-0.39, 0.29) is 5.41 Å². The Labute approximate surface area is 148 Å². The van der Waals surface area contributed by atoms with Crippen LogP contribution in [0, 0.1) is 0 Å². The molecule has 3 aromatic rings. The Kier molecular flexibility index (Phi) is 3.22. The fraction of sp³-hybridized carbons (Fsp3) is 0.217. The largest absolute Gasteiger partial charge is 0.398 e. The predicted molar refractivity (Wildman–Crippen MR) is 102 cm³/mol. The minimum atomic E-state index is 0.00917. The summed E-state index contributed by atoms with van der Waals surface area (Å²) in [6, 6.07) is 23.8. The highest BCUT2D eigenvalue weighted by Crippen LogP contribution is 2.46. The normalized spacial score (nSPS) is 16.8. The quantitative estimate of drug-likeness (QED) is 0.568. The first-order chi connectivity index (χ1) is 12.3.